The molecule has 6 aromatic heterocycles. The van der Waals surface area contributed by atoms with Crippen molar-refractivity contribution in [2.75, 3.05) is 0 Å². The predicted octanol–water partition coefficient (Wildman–Crippen LogP) is 18.0. The number of thiophene rings is 4. The van der Waals surface area contributed by atoms with Gasteiger partial charge < -0.3 is 0 Å². The van der Waals surface area contributed by atoms with Crippen LogP contribution in [0.1, 0.15) is 103 Å². The van der Waals surface area contributed by atoms with Crippen LogP contribution in [-0.4, -0.2) is 17.5 Å². The number of rotatable bonds is 16. The Morgan fingerprint density at radius 3 is 1.37 bits per heavy atom. The van der Waals surface area contributed by atoms with Gasteiger partial charge in [0.05, 0.1) is 23.5 Å². The molecular weight excluding hydrogens is 1250 g/mol. The largest absolute Gasteiger partial charge is 0.224 e. The zero-order valence-electron chi connectivity index (χ0n) is 36.9. The minimum absolute atomic E-state index is 0. The smallest absolute Gasteiger partial charge is 0.0572 e. The zero-order valence-corrected chi connectivity index (χ0v) is 47.6. The Kier molecular flexibility index (Phi) is 14.6. The molecule has 4 nitrogen and oxygen atoms in total. The van der Waals surface area contributed by atoms with Crippen LogP contribution in [0.2, 0.25) is 0 Å². The number of nitrogens with zero attached hydrogens (tertiary/aromatic N) is 4. The van der Waals surface area contributed by atoms with Gasteiger partial charge >= 0.3 is 0 Å². The summed E-state index contributed by atoms with van der Waals surface area (Å²) in [7, 11) is 0. The van der Waals surface area contributed by atoms with E-state index in [-0.39, 0.29) is 47.5 Å². The minimum atomic E-state index is -0.0933. The summed E-state index contributed by atoms with van der Waals surface area (Å²) in [5, 5.41) is 2.53. The van der Waals surface area contributed by atoms with Gasteiger partial charge in [-0.2, -0.15) is 31.4 Å². The van der Waals surface area contributed by atoms with E-state index in [2.05, 4.69) is 125 Å². The fraction of sp³-hybridized carbons (Fsp3) is 0.321. The van der Waals surface area contributed by atoms with Crippen molar-refractivity contribution in [2.45, 2.75) is 97.3 Å². The third-order valence-electron chi connectivity index (χ3n) is 13.6. The summed E-state index contributed by atoms with van der Waals surface area (Å²) in [5.41, 5.74) is 11.2. The molecule has 2 atom stereocenters. The first kappa shape index (κ1) is 47.3. The Bertz CT molecular complexity index is 2980. The Hall–Kier alpha value is -2.78. The molecule has 11 rings (SSSR count). The van der Waals surface area contributed by atoms with Gasteiger partial charge in [0.25, 0.3) is 0 Å². The molecule has 10 aromatic rings. The zero-order chi connectivity index (χ0) is 42.7. The molecule has 0 spiro atoms. The van der Waals surface area contributed by atoms with Crippen molar-refractivity contribution in [1.29, 1.82) is 0 Å². The summed E-state index contributed by atoms with van der Waals surface area (Å²) in [4.78, 5) is 7.79. The molecule has 0 amide bonds. The molecular formula is C53H48N4S6W2-2. The molecule has 12 heteroatoms. The van der Waals surface area contributed by atoms with Gasteiger partial charge in [-0.1, -0.05) is 139 Å². The number of fused-ring (bicyclic) bond motifs is 7. The predicted molar refractivity (Wildman–Crippen MR) is 276 cm³/mol. The molecule has 1 aliphatic rings. The van der Waals surface area contributed by atoms with E-state index in [4.69, 9.17) is 17.5 Å². The van der Waals surface area contributed by atoms with E-state index in [1.807, 2.05) is 45.3 Å². The molecule has 65 heavy (non-hydrogen) atoms. The van der Waals surface area contributed by atoms with E-state index in [1.165, 1.54) is 148 Å². The molecule has 6 heterocycles. The summed E-state index contributed by atoms with van der Waals surface area (Å²) in [6.07, 6.45) is 12.3. The first-order valence-corrected chi connectivity index (χ1v) is 27.3. The van der Waals surface area contributed by atoms with Gasteiger partial charge in [0.2, 0.25) is 0 Å². The van der Waals surface area contributed by atoms with E-state index in [9.17, 15) is 0 Å². The average Bonchev–Trinajstić information content (AvgIpc) is 4.17. The number of unbranched alkanes of at least 4 members (excludes halogenated alkanes) is 2. The fourth-order valence-electron chi connectivity index (χ4n) is 10.2. The van der Waals surface area contributed by atoms with Gasteiger partial charge in [-0.05, 0) is 90.4 Å². The van der Waals surface area contributed by atoms with E-state index in [0.29, 0.717) is 11.8 Å². The normalized spacial score (nSPS) is 13.9. The standard InChI is InChI=1S/C53H48N4S6.2W/c1-5-9-15-31(7-3)29-53(30-32(8-4)16-10-6-2)39-27-45(37-23-21-35(47-49(37)56-62-54-47)43-25-33-17-11-13-19-41(33)58-43)60-51(39)52-40(53)28-46(61-52)38-24-22-36(48-50(38)57-63-55-48)44-26-34-18-12-14-20-42(34)59-44;;/h11-14,17-22,25-28,31-32H,5-10,15-16,29-30H2,1-4H3;;/q-2;;. The SMILES string of the molecule is CCCCC(CC)CC1(CC(CC)CCCC)c2cc(-c3[c-]cc(-c4cc5ccccc5s4)c4nsnc34)sc2-c2sc(-c3[c-]cc(-c4cc5ccccc5s4)c4nsnc34)cc21.[W].[W]. The van der Waals surface area contributed by atoms with Crippen LogP contribution in [-0.2, 0) is 47.5 Å². The van der Waals surface area contributed by atoms with Crippen molar-refractivity contribution < 1.29 is 42.1 Å². The molecule has 0 bridgehead atoms. The van der Waals surface area contributed by atoms with Crippen LogP contribution in [0, 0.1) is 24.0 Å². The fourth-order valence-corrected chi connectivity index (χ4v) is 16.2. The summed E-state index contributed by atoms with van der Waals surface area (Å²) in [6.45, 7) is 9.54. The van der Waals surface area contributed by atoms with Crippen molar-refractivity contribution in [3.8, 4) is 51.5 Å². The van der Waals surface area contributed by atoms with Crippen LogP contribution >= 0.6 is 68.8 Å². The Morgan fingerprint density at radius 1 is 0.523 bits per heavy atom. The Balaban J connectivity index is 0.00000266. The maximum absolute atomic E-state index is 5.00. The molecule has 2 unspecified atom stereocenters. The van der Waals surface area contributed by atoms with E-state index in [0.717, 1.165) is 44.3 Å². The molecule has 0 saturated carbocycles. The second kappa shape index (κ2) is 20.1. The molecule has 1 aliphatic carbocycles. The average molecular weight is 1300 g/mol. The molecule has 0 radical (unpaired) electrons. The van der Waals surface area contributed by atoms with E-state index in [1.54, 1.807) is 0 Å². The van der Waals surface area contributed by atoms with Gasteiger partial charge in [-0.3, -0.25) is 0 Å². The van der Waals surface area contributed by atoms with Gasteiger partial charge in [-0.25, -0.2) is 8.75 Å². The molecule has 0 aliphatic heterocycles. The van der Waals surface area contributed by atoms with Crippen LogP contribution in [0.4, 0.5) is 0 Å². The van der Waals surface area contributed by atoms with Gasteiger partial charge in [0.1, 0.15) is 0 Å². The van der Waals surface area contributed by atoms with E-state index < -0.39 is 0 Å². The Labute approximate surface area is 435 Å². The summed E-state index contributed by atoms with van der Waals surface area (Å²) in [6, 6.07) is 39.0. The maximum atomic E-state index is 5.00. The van der Waals surface area contributed by atoms with Crippen molar-refractivity contribution in [3.63, 3.8) is 0 Å². The monoisotopic (exact) mass is 1300 g/mol. The van der Waals surface area contributed by atoms with Crippen molar-refractivity contribution in [2.24, 2.45) is 11.8 Å². The Morgan fingerprint density at radius 2 is 0.954 bits per heavy atom. The molecule has 4 aromatic carbocycles. The van der Waals surface area contributed by atoms with Crippen molar-refractivity contribution in [1.82, 2.24) is 17.5 Å². The van der Waals surface area contributed by atoms with Crippen LogP contribution in [0.25, 0.3) is 93.8 Å². The first-order valence-electron chi connectivity index (χ1n) is 22.6. The summed E-state index contributed by atoms with van der Waals surface area (Å²) < 4.78 is 22.5. The number of aromatic nitrogens is 4. The topological polar surface area (TPSA) is 51.6 Å². The van der Waals surface area contributed by atoms with Crippen molar-refractivity contribution in [3.05, 3.63) is 108 Å². The summed E-state index contributed by atoms with van der Waals surface area (Å²) in [5.74, 6) is 1.28. The molecule has 0 N–H and O–H groups in total. The number of hydrogen-bond acceptors (Lipinski definition) is 10. The minimum Gasteiger partial charge on any atom is -0.224 e. The summed E-state index contributed by atoms with van der Waals surface area (Å²) >= 11 is 10.2. The second-order valence-electron chi connectivity index (χ2n) is 17.4. The van der Waals surface area contributed by atoms with Crippen LogP contribution < -0.4 is 0 Å². The molecule has 330 valence electrons. The van der Waals surface area contributed by atoms with Gasteiger partial charge in [0.15, 0.2) is 0 Å². The maximum Gasteiger partial charge on any atom is 0.0572 e. The number of hydrogen-bond donors (Lipinski definition) is 0. The molecule has 0 saturated heterocycles. The third kappa shape index (κ3) is 8.47. The number of benzene rings is 4. The molecule has 0 fully saturated rings. The van der Waals surface area contributed by atoms with Crippen LogP contribution in [0.3, 0.4) is 0 Å². The van der Waals surface area contributed by atoms with Crippen LogP contribution in [0.15, 0.2) is 84.9 Å². The third-order valence-corrected chi connectivity index (χ3v) is 19.4. The van der Waals surface area contributed by atoms with Crippen molar-refractivity contribution >= 4 is 111 Å². The first-order chi connectivity index (χ1) is 31.0. The van der Waals surface area contributed by atoms with Gasteiger partial charge in [0, 0.05) is 88.8 Å². The van der Waals surface area contributed by atoms with Crippen LogP contribution in [0.5, 0.6) is 0 Å². The quantitative estimate of drug-likeness (QED) is 0.0905. The second-order valence-corrected chi connectivity index (χ2v) is 22.7. The van der Waals surface area contributed by atoms with E-state index >= 15 is 0 Å². The van der Waals surface area contributed by atoms with Gasteiger partial charge in [-0.15, -0.1) is 58.1 Å².